The highest BCUT2D eigenvalue weighted by atomic mass is 19.1. The van der Waals surface area contributed by atoms with Gasteiger partial charge in [-0.3, -0.25) is 10.1 Å². The number of hydrogen-bond acceptors (Lipinski definition) is 6. The van der Waals surface area contributed by atoms with Gasteiger partial charge in [0.1, 0.15) is 25.7 Å². The number of amides is 3. The van der Waals surface area contributed by atoms with Crippen molar-refractivity contribution in [3.8, 4) is 0 Å². The van der Waals surface area contributed by atoms with Crippen LogP contribution in [0.2, 0.25) is 0 Å². The second kappa shape index (κ2) is 5.41. The predicted molar refractivity (Wildman–Crippen MR) is 61.2 cm³/mol. The highest BCUT2D eigenvalue weighted by molar-refractivity contribution is 6.14. The molecule has 4 unspecified atom stereocenters. The van der Waals surface area contributed by atoms with E-state index in [1.807, 2.05) is 5.32 Å². The number of ether oxygens (including phenoxy) is 1. The van der Waals surface area contributed by atoms with E-state index in [-0.39, 0.29) is 0 Å². The largest absolute Gasteiger partial charge is 0.385 e. The lowest BCUT2D eigenvalue weighted by Crippen LogP contribution is -2.76. The van der Waals surface area contributed by atoms with Crippen molar-refractivity contribution in [3.63, 3.8) is 0 Å². The number of carbonyl (C=O) groups excluding carboxylic acids is 2. The maximum Gasteiger partial charge on any atom is 0.341 e. The van der Waals surface area contributed by atoms with Crippen LogP contribution < -0.4 is 5.32 Å². The van der Waals surface area contributed by atoms with Crippen molar-refractivity contribution in [2.75, 3.05) is 14.2 Å². The van der Waals surface area contributed by atoms with Gasteiger partial charge in [0, 0.05) is 21.1 Å². The molecule has 1 heterocycles. The molecule has 8 nitrogen and oxygen atoms in total. The molecule has 0 aromatic carbocycles. The van der Waals surface area contributed by atoms with E-state index in [1.54, 1.807) is 0 Å². The summed E-state index contributed by atoms with van der Waals surface area (Å²) in [6.07, 6.45) is -5.60. The first-order chi connectivity index (χ1) is 8.64. The molecule has 1 saturated heterocycles. The van der Waals surface area contributed by atoms with E-state index < -0.39 is 36.1 Å². The van der Waals surface area contributed by atoms with E-state index in [4.69, 9.17) is 12.6 Å². The minimum Gasteiger partial charge on any atom is -0.385 e. The smallest absolute Gasteiger partial charge is 0.341 e. The summed E-state index contributed by atoms with van der Waals surface area (Å²) >= 11 is 0. The summed E-state index contributed by atoms with van der Waals surface area (Å²) in [5.74, 6) is -0.727. The van der Waals surface area contributed by atoms with Crippen LogP contribution in [0.4, 0.5) is 9.18 Å². The first-order valence-electron chi connectivity index (χ1n) is 5.35. The number of urea groups is 1. The molecule has 0 spiro atoms. The second-order valence-electron chi connectivity index (χ2n) is 4.16. The van der Waals surface area contributed by atoms with Gasteiger partial charge in [0.25, 0.3) is 0 Å². The fourth-order valence-corrected chi connectivity index (χ4v) is 1.83. The number of aliphatic hydroxyl groups excluding tert-OH is 1. The third-order valence-corrected chi connectivity index (χ3v) is 2.83. The molecule has 19 heavy (non-hydrogen) atoms. The molecule has 4 atom stereocenters. The van der Waals surface area contributed by atoms with Gasteiger partial charge in [-0.05, 0) is 0 Å². The Bertz CT molecular complexity index is 383. The number of nitrogens with zero attached hydrogens (tertiary/aromatic N) is 2. The zero-order valence-electron chi connectivity index (χ0n) is 10.7. The maximum absolute atomic E-state index is 14.0. The monoisotopic (exact) mass is 275 g/mol. The van der Waals surface area contributed by atoms with Crippen LogP contribution in [0.25, 0.3) is 0 Å². The number of hydrogen-bond donors (Lipinski definition) is 3. The number of carbonyl (C=O) groups is 2. The molecular formula is C9H15BFN3O5. The second-order valence-corrected chi connectivity index (χ2v) is 4.16. The molecule has 0 bridgehead atoms. The Kier molecular flexibility index (Phi) is 4.51. The van der Waals surface area contributed by atoms with Crippen LogP contribution in [0, 0.1) is 0 Å². The van der Waals surface area contributed by atoms with E-state index in [9.17, 15) is 24.2 Å². The number of halogens is 1. The van der Waals surface area contributed by atoms with Crippen LogP contribution in [0.5, 0.6) is 0 Å². The van der Waals surface area contributed by atoms with Gasteiger partial charge in [-0.2, -0.15) is 5.01 Å². The normalized spacial score (nSPS) is 36.1. The lowest BCUT2D eigenvalue weighted by molar-refractivity contribution is -0.288. The number of nitrogens with one attached hydrogen (secondary N) is 1. The molecule has 0 aliphatic carbocycles. The van der Waals surface area contributed by atoms with Crippen LogP contribution in [0.1, 0.15) is 6.92 Å². The summed E-state index contributed by atoms with van der Waals surface area (Å²) in [4.78, 5) is 22.4. The fraction of sp³-hybridized carbons (Fsp3) is 0.778. The average molecular weight is 275 g/mol. The van der Waals surface area contributed by atoms with Crippen molar-refractivity contribution in [2.45, 2.75) is 31.1 Å². The summed E-state index contributed by atoms with van der Waals surface area (Å²) < 4.78 is 18.7. The zero-order valence-corrected chi connectivity index (χ0v) is 10.7. The summed E-state index contributed by atoms with van der Waals surface area (Å²) in [5.41, 5.74) is -2.33. The Morgan fingerprint density at radius 1 is 1.53 bits per heavy atom. The van der Waals surface area contributed by atoms with E-state index in [2.05, 4.69) is 0 Å². The van der Waals surface area contributed by atoms with Gasteiger partial charge in [0.2, 0.25) is 12.2 Å². The van der Waals surface area contributed by atoms with Gasteiger partial charge in [0.15, 0.2) is 0 Å². The number of rotatable bonds is 1. The summed E-state index contributed by atoms with van der Waals surface area (Å²) in [5, 5.41) is 22.4. The summed E-state index contributed by atoms with van der Waals surface area (Å²) in [7, 11) is 7.75. The van der Waals surface area contributed by atoms with Gasteiger partial charge >= 0.3 is 6.03 Å². The summed E-state index contributed by atoms with van der Waals surface area (Å²) in [6.45, 7) is 1.05. The third-order valence-electron chi connectivity index (χ3n) is 2.83. The molecule has 106 valence electrons. The van der Waals surface area contributed by atoms with E-state index in [0.29, 0.717) is 10.0 Å². The van der Waals surface area contributed by atoms with Crippen molar-refractivity contribution >= 4 is 19.8 Å². The topological polar surface area (TPSA) is 102 Å². The van der Waals surface area contributed by atoms with E-state index >= 15 is 0 Å². The average Bonchev–Trinajstić information content (AvgIpc) is 2.26. The molecule has 0 aromatic heterocycles. The van der Waals surface area contributed by atoms with Crippen molar-refractivity contribution in [1.82, 2.24) is 15.3 Å². The molecule has 1 fully saturated rings. The Labute approximate surface area is 110 Å². The number of aliphatic hydroxyl groups is 2. The van der Waals surface area contributed by atoms with Crippen LogP contribution in [0.3, 0.4) is 0 Å². The first-order valence-corrected chi connectivity index (χ1v) is 5.35. The number of hydrazine groups is 1. The van der Waals surface area contributed by atoms with Gasteiger partial charge in [0.05, 0.1) is 0 Å². The maximum atomic E-state index is 14.0. The van der Waals surface area contributed by atoms with E-state index in [1.165, 1.54) is 0 Å². The van der Waals surface area contributed by atoms with Gasteiger partial charge in [-0.1, -0.05) is 0 Å². The van der Waals surface area contributed by atoms with Gasteiger partial charge in [-0.15, -0.1) is 0 Å². The van der Waals surface area contributed by atoms with Gasteiger partial charge < -0.3 is 14.9 Å². The quantitative estimate of drug-likeness (QED) is 0.374. The molecule has 0 aromatic rings. The molecule has 1 aliphatic rings. The number of imide groups is 1. The standard InChI is InChI=1S/C9H15BFN3O5/c1-4(15)12-8(17)14-7(11)5(16)6(19-3)9(10,18)13(14)2/h5-7,16,18H,1-3H3,(H,12,15,17). The van der Waals surface area contributed by atoms with Crippen molar-refractivity contribution in [1.29, 1.82) is 0 Å². The first kappa shape index (κ1) is 15.8. The number of alkyl halides is 1. The van der Waals surface area contributed by atoms with Crippen LogP contribution >= 0.6 is 0 Å². The molecule has 0 saturated carbocycles. The van der Waals surface area contributed by atoms with Gasteiger partial charge in [-0.25, -0.2) is 14.2 Å². The molecule has 1 aliphatic heterocycles. The highest BCUT2D eigenvalue weighted by Crippen LogP contribution is 2.30. The Morgan fingerprint density at radius 2 is 2.05 bits per heavy atom. The van der Waals surface area contributed by atoms with Crippen molar-refractivity contribution in [2.24, 2.45) is 0 Å². The van der Waals surface area contributed by atoms with E-state index in [0.717, 1.165) is 21.1 Å². The Morgan fingerprint density at radius 3 is 2.47 bits per heavy atom. The molecule has 10 heteroatoms. The molecule has 2 radical (unpaired) electrons. The molecule has 3 amide bonds. The fourth-order valence-electron chi connectivity index (χ4n) is 1.83. The Balaban J connectivity index is 3.06. The minimum absolute atomic E-state index is 0.307. The lowest BCUT2D eigenvalue weighted by atomic mass is 9.80. The summed E-state index contributed by atoms with van der Waals surface area (Å²) in [6, 6.07) is -1.17. The predicted octanol–water partition coefficient (Wildman–Crippen LogP) is -2.11. The third kappa shape index (κ3) is 2.71. The van der Waals surface area contributed by atoms with Crippen LogP contribution in [-0.4, -0.2) is 78.3 Å². The Hall–Kier alpha value is -1.23. The minimum atomic E-state index is -2.33. The molecule has 1 rings (SSSR count). The lowest BCUT2D eigenvalue weighted by Gasteiger charge is -2.52. The zero-order chi connectivity index (χ0) is 15.0. The molecule has 3 N–H and O–H groups in total. The molecular weight excluding hydrogens is 260 g/mol. The SMILES string of the molecule is [B]C1(O)C(OC)C(O)C(F)N(C(=O)NC(C)=O)N1C. The van der Waals surface area contributed by atoms with Crippen molar-refractivity contribution < 1.29 is 28.9 Å². The van der Waals surface area contributed by atoms with Crippen molar-refractivity contribution in [3.05, 3.63) is 0 Å². The number of likely N-dealkylation sites (N-methyl/N-ethyl adjacent to an activating group) is 1. The van der Waals surface area contributed by atoms with Crippen LogP contribution in [-0.2, 0) is 9.53 Å². The highest BCUT2D eigenvalue weighted by Gasteiger charge is 2.54. The van der Waals surface area contributed by atoms with Crippen LogP contribution in [0.15, 0.2) is 0 Å². The number of methoxy groups -OCH3 is 1.